The number of carboxylic acid groups (broad SMARTS) is 1. The Morgan fingerprint density at radius 2 is 2.46 bits per heavy atom. The molecule has 5 heteroatoms. The highest BCUT2D eigenvalue weighted by molar-refractivity contribution is 6.29. The highest BCUT2D eigenvalue weighted by Gasteiger charge is 2.07. The van der Waals surface area contributed by atoms with Crippen LogP contribution in [0.2, 0.25) is 5.15 Å². The average molecular weight is 203 g/mol. The number of carboxylic acids is 1. The number of aliphatic carboxylic acids is 1. The second kappa shape index (κ2) is 4.28. The Labute approximate surface area is 81.1 Å². The fourth-order valence-electron chi connectivity index (χ4n) is 1.06. The SMILES string of the molecule is CCCc1cc(Cl)n(CC(=O)O)n1. The fourth-order valence-corrected chi connectivity index (χ4v) is 1.28. The Bertz CT molecular complexity index is 309. The Kier molecular flexibility index (Phi) is 3.31. The van der Waals surface area contributed by atoms with Crippen LogP contribution in [-0.2, 0) is 17.8 Å². The van der Waals surface area contributed by atoms with Gasteiger partial charge in [0, 0.05) is 0 Å². The van der Waals surface area contributed by atoms with Crippen molar-refractivity contribution in [3.8, 4) is 0 Å². The van der Waals surface area contributed by atoms with Gasteiger partial charge in [-0.15, -0.1) is 0 Å². The number of hydrogen-bond donors (Lipinski definition) is 1. The van der Waals surface area contributed by atoms with Gasteiger partial charge in [-0.3, -0.25) is 4.79 Å². The molecule has 13 heavy (non-hydrogen) atoms. The minimum Gasteiger partial charge on any atom is -0.480 e. The van der Waals surface area contributed by atoms with Crippen LogP contribution < -0.4 is 0 Å². The van der Waals surface area contributed by atoms with E-state index in [4.69, 9.17) is 16.7 Å². The predicted molar refractivity (Wildman–Crippen MR) is 48.9 cm³/mol. The van der Waals surface area contributed by atoms with Crippen molar-refractivity contribution in [1.82, 2.24) is 9.78 Å². The van der Waals surface area contributed by atoms with E-state index in [0.29, 0.717) is 5.15 Å². The van der Waals surface area contributed by atoms with Crippen LogP contribution in [0.3, 0.4) is 0 Å². The summed E-state index contributed by atoms with van der Waals surface area (Å²) in [5.74, 6) is -0.937. The molecule has 0 saturated carbocycles. The van der Waals surface area contributed by atoms with Gasteiger partial charge in [-0.1, -0.05) is 24.9 Å². The fraction of sp³-hybridized carbons (Fsp3) is 0.500. The van der Waals surface area contributed by atoms with Gasteiger partial charge in [0.05, 0.1) is 5.69 Å². The van der Waals surface area contributed by atoms with E-state index in [2.05, 4.69) is 5.10 Å². The van der Waals surface area contributed by atoms with E-state index < -0.39 is 5.97 Å². The van der Waals surface area contributed by atoms with E-state index in [9.17, 15) is 4.79 Å². The largest absolute Gasteiger partial charge is 0.480 e. The Morgan fingerprint density at radius 1 is 1.77 bits per heavy atom. The molecule has 1 aromatic rings. The lowest BCUT2D eigenvalue weighted by molar-refractivity contribution is -0.137. The third-order valence-electron chi connectivity index (χ3n) is 1.57. The van der Waals surface area contributed by atoms with Gasteiger partial charge in [0.15, 0.2) is 0 Å². The zero-order valence-electron chi connectivity index (χ0n) is 7.33. The van der Waals surface area contributed by atoms with Crippen molar-refractivity contribution in [2.45, 2.75) is 26.3 Å². The van der Waals surface area contributed by atoms with Crippen molar-refractivity contribution < 1.29 is 9.90 Å². The molecule has 4 nitrogen and oxygen atoms in total. The van der Waals surface area contributed by atoms with Crippen LogP contribution in [0.15, 0.2) is 6.07 Å². The highest BCUT2D eigenvalue weighted by atomic mass is 35.5. The van der Waals surface area contributed by atoms with Crippen molar-refractivity contribution in [1.29, 1.82) is 0 Å². The van der Waals surface area contributed by atoms with E-state index in [1.54, 1.807) is 6.07 Å². The molecule has 1 aromatic heterocycles. The molecule has 1 heterocycles. The normalized spacial score (nSPS) is 10.3. The van der Waals surface area contributed by atoms with Crippen LogP contribution >= 0.6 is 11.6 Å². The van der Waals surface area contributed by atoms with Gasteiger partial charge in [-0.05, 0) is 12.5 Å². The summed E-state index contributed by atoms with van der Waals surface area (Å²) in [6.45, 7) is 1.85. The lowest BCUT2D eigenvalue weighted by Crippen LogP contribution is -2.10. The standard InChI is InChI=1S/C8H11ClN2O2/c1-2-3-6-4-7(9)11(10-6)5-8(12)13/h4H,2-3,5H2,1H3,(H,12,13). The molecular weight excluding hydrogens is 192 g/mol. The first-order valence-electron chi connectivity index (χ1n) is 4.07. The molecule has 1 rings (SSSR count). The first-order chi connectivity index (χ1) is 6.13. The quantitative estimate of drug-likeness (QED) is 0.807. The molecule has 1 N–H and O–H groups in total. The van der Waals surface area contributed by atoms with Crippen LogP contribution in [0, 0.1) is 0 Å². The summed E-state index contributed by atoms with van der Waals surface area (Å²) in [6, 6.07) is 1.70. The summed E-state index contributed by atoms with van der Waals surface area (Å²) in [4.78, 5) is 10.4. The maximum absolute atomic E-state index is 10.4. The molecule has 0 aromatic carbocycles. The van der Waals surface area contributed by atoms with Gasteiger partial charge in [0.1, 0.15) is 11.7 Å². The Balaban J connectivity index is 2.77. The van der Waals surface area contributed by atoms with Crippen LogP contribution in [0.5, 0.6) is 0 Å². The van der Waals surface area contributed by atoms with E-state index in [0.717, 1.165) is 18.5 Å². The molecule has 0 atom stereocenters. The molecule has 0 aliphatic heterocycles. The Morgan fingerprint density at radius 3 is 3.00 bits per heavy atom. The summed E-state index contributed by atoms with van der Waals surface area (Å²) in [7, 11) is 0. The lowest BCUT2D eigenvalue weighted by Gasteiger charge is -1.96. The van der Waals surface area contributed by atoms with Crippen LogP contribution in [0.4, 0.5) is 0 Å². The monoisotopic (exact) mass is 202 g/mol. The Hall–Kier alpha value is -1.03. The summed E-state index contributed by atoms with van der Waals surface area (Å²) >= 11 is 5.76. The van der Waals surface area contributed by atoms with E-state index in [1.807, 2.05) is 6.92 Å². The van der Waals surface area contributed by atoms with Gasteiger partial charge < -0.3 is 5.11 Å². The topological polar surface area (TPSA) is 55.1 Å². The van der Waals surface area contributed by atoms with E-state index in [-0.39, 0.29) is 6.54 Å². The maximum atomic E-state index is 10.4. The number of nitrogens with zero attached hydrogens (tertiary/aromatic N) is 2. The number of aryl methyl sites for hydroxylation is 1. The molecule has 0 unspecified atom stereocenters. The first kappa shape index (κ1) is 10.1. The number of aromatic nitrogens is 2. The second-order valence-electron chi connectivity index (χ2n) is 2.76. The molecule has 0 radical (unpaired) electrons. The molecule has 0 saturated heterocycles. The third kappa shape index (κ3) is 2.73. The van der Waals surface area contributed by atoms with Crippen molar-refractivity contribution in [2.75, 3.05) is 0 Å². The zero-order chi connectivity index (χ0) is 9.84. The van der Waals surface area contributed by atoms with Crippen LogP contribution in [0.25, 0.3) is 0 Å². The minimum absolute atomic E-state index is 0.178. The highest BCUT2D eigenvalue weighted by Crippen LogP contribution is 2.11. The predicted octanol–water partition coefficient (Wildman–Crippen LogP) is 1.57. The van der Waals surface area contributed by atoms with E-state index in [1.165, 1.54) is 4.68 Å². The lowest BCUT2D eigenvalue weighted by atomic mass is 10.3. The molecule has 72 valence electrons. The maximum Gasteiger partial charge on any atom is 0.325 e. The third-order valence-corrected chi connectivity index (χ3v) is 1.88. The summed E-state index contributed by atoms with van der Waals surface area (Å²) in [5.41, 5.74) is 0.841. The van der Waals surface area contributed by atoms with Crippen molar-refractivity contribution >= 4 is 17.6 Å². The molecule has 0 bridgehead atoms. The molecule has 0 amide bonds. The first-order valence-corrected chi connectivity index (χ1v) is 4.45. The zero-order valence-corrected chi connectivity index (χ0v) is 8.08. The molecule has 0 spiro atoms. The number of rotatable bonds is 4. The van der Waals surface area contributed by atoms with Gasteiger partial charge in [0.25, 0.3) is 0 Å². The van der Waals surface area contributed by atoms with E-state index >= 15 is 0 Å². The number of hydrogen-bond acceptors (Lipinski definition) is 2. The molecule has 0 fully saturated rings. The van der Waals surface area contributed by atoms with Crippen LogP contribution in [0.1, 0.15) is 19.0 Å². The van der Waals surface area contributed by atoms with Gasteiger partial charge in [-0.2, -0.15) is 5.10 Å². The minimum atomic E-state index is -0.937. The van der Waals surface area contributed by atoms with Crippen molar-refractivity contribution in [3.63, 3.8) is 0 Å². The van der Waals surface area contributed by atoms with Gasteiger partial charge >= 0.3 is 5.97 Å². The number of halogens is 1. The van der Waals surface area contributed by atoms with Gasteiger partial charge in [-0.25, -0.2) is 4.68 Å². The summed E-state index contributed by atoms with van der Waals surface area (Å²) in [6.07, 6.45) is 1.80. The second-order valence-corrected chi connectivity index (χ2v) is 3.15. The molecule has 0 aliphatic carbocycles. The smallest absolute Gasteiger partial charge is 0.325 e. The molecular formula is C8H11ClN2O2. The summed E-state index contributed by atoms with van der Waals surface area (Å²) < 4.78 is 1.29. The van der Waals surface area contributed by atoms with Gasteiger partial charge in [0.2, 0.25) is 0 Å². The number of carbonyl (C=O) groups is 1. The van der Waals surface area contributed by atoms with Crippen molar-refractivity contribution in [2.24, 2.45) is 0 Å². The average Bonchev–Trinajstić information content (AvgIpc) is 2.31. The molecule has 0 aliphatic rings. The van der Waals surface area contributed by atoms with Crippen molar-refractivity contribution in [3.05, 3.63) is 16.9 Å². The summed E-state index contributed by atoms with van der Waals surface area (Å²) in [5, 5.41) is 12.9. The van der Waals surface area contributed by atoms with Crippen LogP contribution in [-0.4, -0.2) is 20.9 Å².